The van der Waals surface area contributed by atoms with Gasteiger partial charge in [0.1, 0.15) is 6.04 Å². The van der Waals surface area contributed by atoms with E-state index in [0.717, 1.165) is 5.56 Å². The van der Waals surface area contributed by atoms with Gasteiger partial charge in [0.25, 0.3) is 0 Å². The molecule has 0 aromatic heterocycles. The molecule has 0 radical (unpaired) electrons. The Morgan fingerprint density at radius 3 is 2.62 bits per heavy atom. The predicted octanol–water partition coefficient (Wildman–Crippen LogP) is 0.990. The predicted molar refractivity (Wildman–Crippen MR) is 62.0 cm³/mol. The molecule has 0 fully saturated rings. The first-order valence-corrected chi connectivity index (χ1v) is 4.92. The first kappa shape index (κ1) is 12.0. The lowest BCUT2D eigenvalue weighted by Crippen LogP contribution is -2.44. The molecular formula is C11H15N3O2. The average Bonchev–Trinajstić information content (AvgIpc) is 2.16. The number of hydrogen-bond acceptors (Lipinski definition) is 2. The molecule has 0 saturated heterocycles. The summed E-state index contributed by atoms with van der Waals surface area (Å²) >= 11 is 0. The summed E-state index contributed by atoms with van der Waals surface area (Å²) in [4.78, 5) is 22.1. The highest BCUT2D eigenvalue weighted by Crippen LogP contribution is 2.09. The fourth-order valence-electron chi connectivity index (χ4n) is 1.25. The van der Waals surface area contributed by atoms with E-state index in [1.165, 1.54) is 0 Å². The number of amides is 3. The molecule has 4 N–H and O–H groups in total. The van der Waals surface area contributed by atoms with Gasteiger partial charge in [-0.1, -0.05) is 12.1 Å². The molecule has 1 aromatic rings. The molecule has 5 heteroatoms. The van der Waals surface area contributed by atoms with E-state index in [0.29, 0.717) is 5.69 Å². The monoisotopic (exact) mass is 221 g/mol. The van der Waals surface area contributed by atoms with Crippen molar-refractivity contribution in [2.45, 2.75) is 19.9 Å². The van der Waals surface area contributed by atoms with Crippen molar-refractivity contribution in [1.29, 1.82) is 0 Å². The first-order chi connectivity index (χ1) is 7.49. The number of nitrogens with two attached hydrogens (primary N) is 1. The number of aryl methyl sites for hydroxylation is 1. The van der Waals surface area contributed by atoms with Crippen molar-refractivity contribution in [1.82, 2.24) is 5.32 Å². The van der Waals surface area contributed by atoms with Crippen LogP contribution in [0.25, 0.3) is 0 Å². The normalized spacial score (nSPS) is 11.6. The van der Waals surface area contributed by atoms with Gasteiger partial charge in [-0.15, -0.1) is 0 Å². The molecule has 0 spiro atoms. The van der Waals surface area contributed by atoms with Crippen LogP contribution < -0.4 is 16.4 Å². The van der Waals surface area contributed by atoms with Crippen LogP contribution in [0.5, 0.6) is 0 Å². The van der Waals surface area contributed by atoms with E-state index in [2.05, 4.69) is 10.6 Å². The second kappa shape index (κ2) is 5.16. The van der Waals surface area contributed by atoms with Gasteiger partial charge < -0.3 is 16.4 Å². The molecule has 5 nitrogen and oxygen atoms in total. The first-order valence-electron chi connectivity index (χ1n) is 4.92. The number of hydrogen-bond donors (Lipinski definition) is 3. The lowest BCUT2D eigenvalue weighted by Gasteiger charge is -2.12. The number of primary amides is 1. The Morgan fingerprint density at radius 2 is 2.06 bits per heavy atom. The standard InChI is InChI=1S/C11H15N3O2/c1-7-4-3-5-9(6-7)14-10(15)8(2)13-11(12)16/h3-6,8H,1-2H3,(H,14,15)(H3,12,13,16). The quantitative estimate of drug-likeness (QED) is 0.711. The van der Waals surface area contributed by atoms with Gasteiger partial charge >= 0.3 is 6.03 Å². The van der Waals surface area contributed by atoms with Crippen LogP contribution in [0.2, 0.25) is 0 Å². The number of nitrogens with one attached hydrogen (secondary N) is 2. The average molecular weight is 221 g/mol. The Balaban J connectivity index is 2.60. The van der Waals surface area contributed by atoms with Crippen LogP contribution in [0, 0.1) is 6.92 Å². The molecule has 0 heterocycles. The van der Waals surface area contributed by atoms with Crippen molar-refractivity contribution >= 4 is 17.6 Å². The summed E-state index contributed by atoms with van der Waals surface area (Å²) in [6, 6.07) is 6.03. The third-order valence-electron chi connectivity index (χ3n) is 2.04. The van der Waals surface area contributed by atoms with Gasteiger partial charge in [-0.2, -0.15) is 0 Å². The fraction of sp³-hybridized carbons (Fsp3) is 0.273. The maximum Gasteiger partial charge on any atom is 0.312 e. The summed E-state index contributed by atoms with van der Waals surface area (Å²) in [5.41, 5.74) is 6.67. The zero-order valence-electron chi connectivity index (χ0n) is 9.28. The Labute approximate surface area is 94.0 Å². The third-order valence-corrected chi connectivity index (χ3v) is 2.04. The number of carbonyl (C=O) groups excluding carboxylic acids is 2. The Kier molecular flexibility index (Phi) is 3.88. The summed E-state index contributed by atoms with van der Waals surface area (Å²) in [7, 11) is 0. The topological polar surface area (TPSA) is 84.2 Å². The highest BCUT2D eigenvalue weighted by Gasteiger charge is 2.13. The maximum atomic E-state index is 11.6. The van der Waals surface area contributed by atoms with E-state index in [4.69, 9.17) is 5.73 Å². The molecular weight excluding hydrogens is 206 g/mol. The lowest BCUT2D eigenvalue weighted by atomic mass is 10.2. The molecule has 16 heavy (non-hydrogen) atoms. The zero-order chi connectivity index (χ0) is 12.1. The van der Waals surface area contributed by atoms with Crippen molar-refractivity contribution < 1.29 is 9.59 Å². The van der Waals surface area contributed by atoms with Crippen LogP contribution >= 0.6 is 0 Å². The van der Waals surface area contributed by atoms with E-state index in [-0.39, 0.29) is 5.91 Å². The van der Waals surface area contributed by atoms with Crippen LogP contribution in [0.15, 0.2) is 24.3 Å². The van der Waals surface area contributed by atoms with Gasteiger partial charge in [-0.3, -0.25) is 4.79 Å². The van der Waals surface area contributed by atoms with Crippen LogP contribution in [0.3, 0.4) is 0 Å². The van der Waals surface area contributed by atoms with Gasteiger partial charge in [-0.05, 0) is 31.5 Å². The van der Waals surface area contributed by atoms with Gasteiger partial charge in [-0.25, -0.2) is 4.79 Å². The fourth-order valence-corrected chi connectivity index (χ4v) is 1.25. The van der Waals surface area contributed by atoms with Gasteiger partial charge in [0, 0.05) is 5.69 Å². The molecule has 0 aliphatic carbocycles. The van der Waals surface area contributed by atoms with Gasteiger partial charge in [0.05, 0.1) is 0 Å². The third kappa shape index (κ3) is 3.61. The SMILES string of the molecule is Cc1cccc(NC(=O)C(C)NC(N)=O)c1. The summed E-state index contributed by atoms with van der Waals surface area (Å²) in [5, 5.41) is 4.98. The zero-order valence-corrected chi connectivity index (χ0v) is 9.28. The summed E-state index contributed by atoms with van der Waals surface area (Å²) in [5.74, 6) is -0.301. The molecule has 0 bridgehead atoms. The molecule has 3 amide bonds. The van der Waals surface area contributed by atoms with Gasteiger partial charge in [0.2, 0.25) is 5.91 Å². The van der Waals surface area contributed by atoms with Crippen molar-refractivity contribution in [2.75, 3.05) is 5.32 Å². The molecule has 0 aliphatic heterocycles. The molecule has 86 valence electrons. The van der Waals surface area contributed by atoms with Crippen LogP contribution in [0.1, 0.15) is 12.5 Å². The van der Waals surface area contributed by atoms with Crippen LogP contribution in [-0.4, -0.2) is 18.0 Å². The van der Waals surface area contributed by atoms with Crippen molar-refractivity contribution in [3.8, 4) is 0 Å². The molecule has 1 aromatic carbocycles. The lowest BCUT2D eigenvalue weighted by molar-refractivity contribution is -0.117. The smallest absolute Gasteiger partial charge is 0.312 e. The molecule has 1 unspecified atom stereocenters. The van der Waals surface area contributed by atoms with Crippen LogP contribution in [-0.2, 0) is 4.79 Å². The highest BCUT2D eigenvalue weighted by molar-refractivity contribution is 5.96. The second-order valence-electron chi connectivity index (χ2n) is 3.59. The minimum absolute atomic E-state index is 0.301. The van der Waals surface area contributed by atoms with E-state index < -0.39 is 12.1 Å². The Hall–Kier alpha value is -2.04. The van der Waals surface area contributed by atoms with Crippen molar-refractivity contribution in [3.63, 3.8) is 0 Å². The largest absolute Gasteiger partial charge is 0.352 e. The number of urea groups is 1. The molecule has 1 atom stereocenters. The number of rotatable bonds is 3. The summed E-state index contributed by atoms with van der Waals surface area (Å²) < 4.78 is 0. The number of carbonyl (C=O) groups is 2. The summed E-state index contributed by atoms with van der Waals surface area (Å²) in [6.07, 6.45) is 0. The molecule has 1 rings (SSSR count). The van der Waals surface area contributed by atoms with E-state index in [1.54, 1.807) is 13.0 Å². The minimum atomic E-state index is -0.716. The number of anilines is 1. The Morgan fingerprint density at radius 1 is 1.38 bits per heavy atom. The van der Waals surface area contributed by atoms with Crippen molar-refractivity contribution in [3.05, 3.63) is 29.8 Å². The number of benzene rings is 1. The van der Waals surface area contributed by atoms with Crippen LogP contribution in [0.4, 0.5) is 10.5 Å². The van der Waals surface area contributed by atoms with Gasteiger partial charge in [0.15, 0.2) is 0 Å². The Bertz CT molecular complexity index is 404. The highest BCUT2D eigenvalue weighted by atomic mass is 16.2. The minimum Gasteiger partial charge on any atom is -0.352 e. The van der Waals surface area contributed by atoms with E-state index in [9.17, 15) is 9.59 Å². The molecule has 0 aliphatic rings. The molecule has 0 saturated carbocycles. The van der Waals surface area contributed by atoms with E-state index >= 15 is 0 Å². The summed E-state index contributed by atoms with van der Waals surface area (Å²) in [6.45, 7) is 3.50. The van der Waals surface area contributed by atoms with E-state index in [1.807, 2.05) is 25.1 Å². The van der Waals surface area contributed by atoms with Crippen molar-refractivity contribution in [2.24, 2.45) is 5.73 Å². The maximum absolute atomic E-state index is 11.6. The second-order valence-corrected chi connectivity index (χ2v) is 3.59.